The molecule has 25 heavy (non-hydrogen) atoms. The lowest BCUT2D eigenvalue weighted by Gasteiger charge is -2.35. The van der Waals surface area contributed by atoms with Crippen LogP contribution in [0, 0.1) is 6.92 Å². The zero-order valence-corrected chi connectivity index (χ0v) is 15.7. The summed E-state index contributed by atoms with van der Waals surface area (Å²) >= 11 is 0. The van der Waals surface area contributed by atoms with Crippen LogP contribution in [0.15, 0.2) is 24.3 Å². The van der Waals surface area contributed by atoms with Crippen molar-refractivity contribution >= 4 is 6.03 Å². The number of likely N-dealkylation sites (tertiary alicyclic amines) is 1. The molecule has 3 rings (SSSR count). The van der Waals surface area contributed by atoms with Crippen molar-refractivity contribution < 1.29 is 4.79 Å². The number of carbonyl (C=O) groups excluding carboxylic acids is 1. The Morgan fingerprint density at radius 2 is 1.96 bits per heavy atom. The van der Waals surface area contributed by atoms with Crippen LogP contribution in [0.25, 0.3) is 0 Å². The Morgan fingerprint density at radius 3 is 2.68 bits per heavy atom. The Hall–Kier alpha value is -1.59. The van der Waals surface area contributed by atoms with Gasteiger partial charge < -0.3 is 15.1 Å². The number of nitrogens with one attached hydrogen (secondary N) is 1. The molecule has 2 heterocycles. The highest BCUT2D eigenvalue weighted by Gasteiger charge is 2.26. The molecule has 0 saturated carbocycles. The van der Waals surface area contributed by atoms with Gasteiger partial charge in [-0.15, -0.1) is 0 Å². The molecule has 1 aromatic carbocycles. The smallest absolute Gasteiger partial charge is 0.317 e. The number of urea groups is 1. The first-order chi connectivity index (χ1) is 12.1. The number of hydrogen-bond acceptors (Lipinski definition) is 3. The van der Waals surface area contributed by atoms with E-state index in [1.54, 1.807) is 0 Å². The largest absolute Gasteiger partial charge is 0.334 e. The molecule has 2 amide bonds. The lowest BCUT2D eigenvalue weighted by molar-refractivity contribution is 0.133. The van der Waals surface area contributed by atoms with Crippen LogP contribution in [-0.4, -0.2) is 72.6 Å². The van der Waals surface area contributed by atoms with Crippen LogP contribution in [0.2, 0.25) is 0 Å². The van der Waals surface area contributed by atoms with Crippen molar-refractivity contribution in [3.63, 3.8) is 0 Å². The SMILES string of the molecule is CCCN1CC[C@H](NC(=O)N2CCN(Cc3cccc(C)c3)CC2)C1. The fourth-order valence-electron chi connectivity index (χ4n) is 3.91. The van der Waals surface area contributed by atoms with Gasteiger partial charge in [0, 0.05) is 51.9 Å². The van der Waals surface area contributed by atoms with E-state index >= 15 is 0 Å². The number of amides is 2. The molecule has 1 aromatic rings. The summed E-state index contributed by atoms with van der Waals surface area (Å²) in [6, 6.07) is 9.15. The molecule has 2 saturated heterocycles. The number of benzene rings is 1. The molecule has 5 nitrogen and oxygen atoms in total. The number of hydrogen-bond donors (Lipinski definition) is 1. The molecule has 0 aromatic heterocycles. The first-order valence-electron chi connectivity index (χ1n) is 9.69. The predicted molar refractivity (Wildman–Crippen MR) is 102 cm³/mol. The van der Waals surface area contributed by atoms with E-state index in [-0.39, 0.29) is 6.03 Å². The second-order valence-electron chi connectivity index (χ2n) is 7.49. The molecule has 5 heteroatoms. The maximum atomic E-state index is 12.5. The third-order valence-electron chi connectivity index (χ3n) is 5.29. The molecule has 0 aliphatic carbocycles. The lowest BCUT2D eigenvalue weighted by atomic mass is 10.1. The normalized spacial score (nSPS) is 22.3. The van der Waals surface area contributed by atoms with E-state index in [1.165, 1.54) is 17.5 Å². The molecular weight excluding hydrogens is 312 g/mol. The van der Waals surface area contributed by atoms with Crippen LogP contribution in [0.4, 0.5) is 4.79 Å². The maximum absolute atomic E-state index is 12.5. The Labute approximate surface area is 152 Å². The molecule has 2 aliphatic heterocycles. The monoisotopic (exact) mass is 344 g/mol. The van der Waals surface area contributed by atoms with Crippen molar-refractivity contribution in [3.05, 3.63) is 35.4 Å². The van der Waals surface area contributed by atoms with Crippen LogP contribution in [0.3, 0.4) is 0 Å². The molecule has 0 spiro atoms. The van der Waals surface area contributed by atoms with Crippen LogP contribution >= 0.6 is 0 Å². The number of aryl methyl sites for hydroxylation is 1. The Bertz CT molecular complexity index is 569. The molecule has 0 unspecified atom stereocenters. The second-order valence-corrected chi connectivity index (χ2v) is 7.49. The summed E-state index contributed by atoms with van der Waals surface area (Å²) in [5.74, 6) is 0. The minimum absolute atomic E-state index is 0.124. The quantitative estimate of drug-likeness (QED) is 0.891. The number of piperazine rings is 1. The molecular formula is C20H32N4O. The van der Waals surface area contributed by atoms with Gasteiger partial charge in [-0.1, -0.05) is 36.8 Å². The summed E-state index contributed by atoms with van der Waals surface area (Å²) in [7, 11) is 0. The van der Waals surface area contributed by atoms with Crippen molar-refractivity contribution in [1.29, 1.82) is 0 Å². The van der Waals surface area contributed by atoms with Crippen molar-refractivity contribution in [3.8, 4) is 0 Å². The van der Waals surface area contributed by atoms with Gasteiger partial charge in [0.15, 0.2) is 0 Å². The molecule has 0 radical (unpaired) electrons. The number of rotatable bonds is 5. The average molecular weight is 345 g/mol. The maximum Gasteiger partial charge on any atom is 0.317 e. The second kappa shape index (κ2) is 8.68. The Balaban J connectivity index is 1.40. The molecule has 0 bridgehead atoms. The van der Waals surface area contributed by atoms with Gasteiger partial charge in [0.05, 0.1) is 0 Å². The lowest BCUT2D eigenvalue weighted by Crippen LogP contribution is -2.53. The fraction of sp³-hybridized carbons (Fsp3) is 0.650. The topological polar surface area (TPSA) is 38.8 Å². The summed E-state index contributed by atoms with van der Waals surface area (Å²) in [4.78, 5) is 19.4. The van der Waals surface area contributed by atoms with Gasteiger partial charge in [-0.3, -0.25) is 4.90 Å². The first-order valence-corrected chi connectivity index (χ1v) is 9.69. The van der Waals surface area contributed by atoms with Crippen LogP contribution < -0.4 is 5.32 Å². The van der Waals surface area contributed by atoms with E-state index in [9.17, 15) is 4.79 Å². The highest BCUT2D eigenvalue weighted by molar-refractivity contribution is 5.74. The van der Waals surface area contributed by atoms with Gasteiger partial charge in [-0.25, -0.2) is 4.79 Å². The summed E-state index contributed by atoms with van der Waals surface area (Å²) in [5, 5.41) is 3.24. The van der Waals surface area contributed by atoms with E-state index < -0.39 is 0 Å². The molecule has 1 atom stereocenters. The van der Waals surface area contributed by atoms with Crippen LogP contribution in [-0.2, 0) is 6.54 Å². The van der Waals surface area contributed by atoms with Crippen LogP contribution in [0.1, 0.15) is 30.9 Å². The first kappa shape index (κ1) is 18.2. The van der Waals surface area contributed by atoms with E-state index in [0.29, 0.717) is 6.04 Å². The minimum Gasteiger partial charge on any atom is -0.334 e. The minimum atomic E-state index is 0.124. The summed E-state index contributed by atoms with van der Waals surface area (Å²) in [6.45, 7) is 12.1. The third-order valence-corrected chi connectivity index (χ3v) is 5.29. The number of carbonyl (C=O) groups is 1. The van der Waals surface area contributed by atoms with Gasteiger partial charge in [0.1, 0.15) is 0 Å². The van der Waals surface area contributed by atoms with E-state index in [1.807, 2.05) is 4.90 Å². The van der Waals surface area contributed by atoms with E-state index in [0.717, 1.165) is 58.8 Å². The van der Waals surface area contributed by atoms with E-state index in [2.05, 4.69) is 53.2 Å². The molecule has 138 valence electrons. The van der Waals surface area contributed by atoms with Gasteiger partial charge in [0.2, 0.25) is 0 Å². The zero-order chi connectivity index (χ0) is 17.6. The fourth-order valence-corrected chi connectivity index (χ4v) is 3.91. The Morgan fingerprint density at radius 1 is 1.16 bits per heavy atom. The molecule has 2 fully saturated rings. The molecule has 2 aliphatic rings. The summed E-state index contributed by atoms with van der Waals surface area (Å²) in [6.07, 6.45) is 2.27. The molecule has 1 N–H and O–H groups in total. The predicted octanol–water partition coefficient (Wildman–Crippen LogP) is 2.31. The highest BCUT2D eigenvalue weighted by Crippen LogP contribution is 2.12. The highest BCUT2D eigenvalue weighted by atomic mass is 16.2. The zero-order valence-electron chi connectivity index (χ0n) is 15.7. The van der Waals surface area contributed by atoms with E-state index in [4.69, 9.17) is 0 Å². The van der Waals surface area contributed by atoms with Crippen molar-refractivity contribution in [2.24, 2.45) is 0 Å². The van der Waals surface area contributed by atoms with Crippen LogP contribution in [0.5, 0.6) is 0 Å². The van der Waals surface area contributed by atoms with Gasteiger partial charge >= 0.3 is 6.03 Å². The standard InChI is InChI=1S/C20H32N4O/c1-3-8-22-9-7-19(16-22)21-20(25)24-12-10-23(11-13-24)15-18-6-4-5-17(2)14-18/h4-6,14,19H,3,7-13,15-16H2,1-2H3,(H,21,25)/t19-/m0/s1. The van der Waals surface area contributed by atoms with Crippen molar-refractivity contribution in [1.82, 2.24) is 20.0 Å². The number of nitrogens with zero attached hydrogens (tertiary/aromatic N) is 3. The average Bonchev–Trinajstić information content (AvgIpc) is 3.03. The van der Waals surface area contributed by atoms with Crippen molar-refractivity contribution in [2.45, 2.75) is 39.3 Å². The van der Waals surface area contributed by atoms with Gasteiger partial charge in [0.25, 0.3) is 0 Å². The van der Waals surface area contributed by atoms with Crippen molar-refractivity contribution in [2.75, 3.05) is 45.8 Å². The summed E-state index contributed by atoms with van der Waals surface area (Å²) < 4.78 is 0. The summed E-state index contributed by atoms with van der Waals surface area (Å²) in [5.41, 5.74) is 2.67. The third kappa shape index (κ3) is 5.19. The Kier molecular flexibility index (Phi) is 6.32. The van der Waals surface area contributed by atoms with Gasteiger partial charge in [-0.05, 0) is 31.9 Å². The van der Waals surface area contributed by atoms with Gasteiger partial charge in [-0.2, -0.15) is 0 Å².